The van der Waals surface area contributed by atoms with Crippen molar-refractivity contribution in [2.45, 2.75) is 19.8 Å². The number of alkyl halides is 3. The zero-order valence-corrected chi connectivity index (χ0v) is 18.4. The molecule has 0 unspecified atom stereocenters. The average Bonchev–Trinajstić information content (AvgIpc) is 3.03. The number of amides is 1. The highest BCUT2D eigenvalue weighted by Crippen LogP contribution is 2.26. The largest absolute Gasteiger partial charge is 0.573 e. The van der Waals surface area contributed by atoms with Crippen LogP contribution in [-0.2, 0) is 25.6 Å². The van der Waals surface area contributed by atoms with Crippen molar-refractivity contribution in [1.82, 2.24) is 9.47 Å². The van der Waals surface area contributed by atoms with Crippen molar-refractivity contribution in [1.29, 1.82) is 0 Å². The number of para-hydroxylation sites is 1. The molecule has 1 fully saturated rings. The van der Waals surface area contributed by atoms with Gasteiger partial charge in [-0.2, -0.15) is 0 Å². The molecule has 0 aliphatic carbocycles. The molecule has 1 aromatic heterocycles. The van der Waals surface area contributed by atoms with E-state index < -0.39 is 23.6 Å². The van der Waals surface area contributed by atoms with Crippen LogP contribution in [0.3, 0.4) is 0 Å². The van der Waals surface area contributed by atoms with E-state index in [9.17, 15) is 27.6 Å². The third kappa shape index (κ3) is 6.68. The van der Waals surface area contributed by atoms with Crippen molar-refractivity contribution in [2.75, 3.05) is 32.9 Å². The van der Waals surface area contributed by atoms with Crippen LogP contribution < -0.4 is 19.5 Å². The lowest BCUT2D eigenvalue weighted by Gasteiger charge is -2.26. The Bertz CT molecular complexity index is 1180. The molecule has 1 aromatic carbocycles. The normalized spacial score (nSPS) is 15.6. The Morgan fingerprint density at radius 2 is 1.91 bits per heavy atom. The number of halogens is 3. The zero-order valence-electron chi connectivity index (χ0n) is 17.6. The molecule has 33 heavy (non-hydrogen) atoms. The maximum absolute atomic E-state index is 13.1. The molecule has 12 heteroatoms. The van der Waals surface area contributed by atoms with Crippen LogP contribution in [0.25, 0.3) is 12.2 Å². The first-order chi connectivity index (χ1) is 15.7. The molecule has 1 amide bonds. The third-order valence-corrected chi connectivity index (χ3v) is 5.61. The maximum Gasteiger partial charge on any atom is 0.573 e. The number of nitrogens with zero attached hydrogens (tertiary/aromatic N) is 2. The highest BCUT2D eigenvalue weighted by molar-refractivity contribution is 7.07. The minimum absolute atomic E-state index is 0.0162. The lowest BCUT2D eigenvalue weighted by Crippen LogP contribution is -2.45. The topological polar surface area (TPSA) is 87.1 Å². The Morgan fingerprint density at radius 1 is 1.21 bits per heavy atom. The van der Waals surface area contributed by atoms with Crippen LogP contribution in [0.15, 0.2) is 29.1 Å². The standard InChI is InChI=1S/C21H21F3N2O6S/c1-2-31-19(28)12-18-26(13-17(27)25-7-9-30-10-8-25)20(29)16(33-18)11-14-5-3-4-6-15(14)32-21(22,23)24/h3-6,11-12H,2,7-10,13H2,1H3/b16-11-,18-12-. The predicted octanol–water partition coefficient (Wildman–Crippen LogP) is 0.840. The number of aromatic nitrogens is 1. The summed E-state index contributed by atoms with van der Waals surface area (Å²) in [5, 5.41) is 0. The van der Waals surface area contributed by atoms with Gasteiger partial charge in [0.25, 0.3) is 5.56 Å². The van der Waals surface area contributed by atoms with Crippen LogP contribution in [0, 0.1) is 0 Å². The van der Waals surface area contributed by atoms with Gasteiger partial charge in [-0.05, 0) is 19.1 Å². The van der Waals surface area contributed by atoms with Crippen molar-refractivity contribution >= 4 is 35.4 Å². The predicted molar refractivity (Wildman–Crippen MR) is 113 cm³/mol. The lowest BCUT2D eigenvalue weighted by molar-refractivity contribution is -0.274. The first-order valence-electron chi connectivity index (χ1n) is 9.98. The summed E-state index contributed by atoms with van der Waals surface area (Å²) in [6.45, 7) is 2.88. The second-order valence-corrected chi connectivity index (χ2v) is 7.88. The number of thiazole rings is 1. The smallest absolute Gasteiger partial charge is 0.463 e. The van der Waals surface area contributed by atoms with Gasteiger partial charge in [-0.15, -0.1) is 24.5 Å². The van der Waals surface area contributed by atoms with E-state index in [0.717, 1.165) is 28.0 Å². The fourth-order valence-electron chi connectivity index (χ4n) is 3.08. The van der Waals surface area contributed by atoms with Crippen LogP contribution in [0.5, 0.6) is 5.75 Å². The number of esters is 1. The van der Waals surface area contributed by atoms with Crippen molar-refractivity contribution in [3.8, 4) is 5.75 Å². The highest BCUT2D eigenvalue weighted by atomic mass is 32.1. The summed E-state index contributed by atoms with van der Waals surface area (Å²) in [4.78, 5) is 39.3. The van der Waals surface area contributed by atoms with E-state index in [0.29, 0.717) is 26.3 Å². The second kappa shape index (κ2) is 10.7. The van der Waals surface area contributed by atoms with Gasteiger partial charge in [0.15, 0.2) is 0 Å². The quantitative estimate of drug-likeness (QED) is 0.563. The first kappa shape index (κ1) is 24.5. The summed E-state index contributed by atoms with van der Waals surface area (Å²) >= 11 is 0.857. The number of hydrogen-bond acceptors (Lipinski definition) is 7. The molecule has 1 aliphatic rings. The minimum Gasteiger partial charge on any atom is -0.463 e. The Balaban J connectivity index is 2.06. The monoisotopic (exact) mass is 486 g/mol. The zero-order chi connectivity index (χ0) is 24.0. The first-order valence-corrected chi connectivity index (χ1v) is 10.8. The number of rotatable bonds is 6. The van der Waals surface area contributed by atoms with Gasteiger partial charge in [-0.3, -0.25) is 14.2 Å². The molecule has 0 spiro atoms. The van der Waals surface area contributed by atoms with E-state index in [4.69, 9.17) is 9.47 Å². The Kier molecular flexibility index (Phi) is 7.92. The molecule has 0 atom stereocenters. The second-order valence-electron chi connectivity index (χ2n) is 6.82. The third-order valence-electron chi connectivity index (χ3n) is 4.55. The Morgan fingerprint density at radius 3 is 2.58 bits per heavy atom. The molecule has 2 aromatic rings. The van der Waals surface area contributed by atoms with Gasteiger partial charge in [0.05, 0.1) is 30.4 Å². The van der Waals surface area contributed by atoms with Crippen LogP contribution in [0.1, 0.15) is 12.5 Å². The van der Waals surface area contributed by atoms with Crippen molar-refractivity contribution in [3.05, 3.63) is 49.4 Å². The summed E-state index contributed by atoms with van der Waals surface area (Å²) in [7, 11) is 0. The summed E-state index contributed by atoms with van der Waals surface area (Å²) in [5.41, 5.74) is -0.610. The molecule has 3 rings (SSSR count). The van der Waals surface area contributed by atoms with Crippen LogP contribution in [-0.4, -0.2) is 60.6 Å². The van der Waals surface area contributed by atoms with E-state index in [1.165, 1.54) is 29.2 Å². The molecular weight excluding hydrogens is 465 g/mol. The van der Waals surface area contributed by atoms with Gasteiger partial charge >= 0.3 is 12.3 Å². The van der Waals surface area contributed by atoms with E-state index in [-0.39, 0.29) is 33.8 Å². The van der Waals surface area contributed by atoms with E-state index in [1.54, 1.807) is 6.92 Å². The number of benzene rings is 1. The summed E-state index contributed by atoms with van der Waals surface area (Å²) in [6.07, 6.45) is -2.60. The molecule has 1 saturated heterocycles. The van der Waals surface area contributed by atoms with Crippen molar-refractivity contribution < 1.29 is 37.0 Å². The fourth-order valence-corrected chi connectivity index (χ4v) is 4.11. The van der Waals surface area contributed by atoms with Crippen LogP contribution in [0.2, 0.25) is 0 Å². The highest BCUT2D eigenvalue weighted by Gasteiger charge is 2.31. The molecule has 0 saturated carbocycles. The lowest BCUT2D eigenvalue weighted by atomic mass is 10.2. The maximum atomic E-state index is 13.1. The summed E-state index contributed by atoms with van der Waals surface area (Å²) in [6, 6.07) is 5.35. The van der Waals surface area contributed by atoms with Crippen LogP contribution in [0.4, 0.5) is 13.2 Å². The van der Waals surface area contributed by atoms with Gasteiger partial charge in [-0.1, -0.05) is 18.2 Å². The molecule has 178 valence electrons. The number of carbonyl (C=O) groups is 2. The number of ether oxygens (including phenoxy) is 3. The molecule has 0 radical (unpaired) electrons. The average molecular weight is 486 g/mol. The fraction of sp³-hybridized carbons (Fsp3) is 0.381. The number of carbonyl (C=O) groups excluding carboxylic acids is 2. The van der Waals surface area contributed by atoms with Gasteiger partial charge in [0, 0.05) is 18.7 Å². The number of morpholine rings is 1. The Labute approximate surface area is 190 Å². The molecule has 0 bridgehead atoms. The van der Waals surface area contributed by atoms with E-state index in [1.807, 2.05) is 0 Å². The van der Waals surface area contributed by atoms with Gasteiger partial charge < -0.3 is 19.1 Å². The van der Waals surface area contributed by atoms with E-state index >= 15 is 0 Å². The molecule has 1 aliphatic heterocycles. The molecule has 8 nitrogen and oxygen atoms in total. The van der Waals surface area contributed by atoms with Gasteiger partial charge in [0.2, 0.25) is 5.91 Å². The van der Waals surface area contributed by atoms with Crippen molar-refractivity contribution in [2.24, 2.45) is 0 Å². The van der Waals surface area contributed by atoms with Gasteiger partial charge in [-0.25, -0.2) is 4.79 Å². The summed E-state index contributed by atoms with van der Waals surface area (Å²) in [5.74, 6) is -1.53. The Hall–Kier alpha value is -3.12. The van der Waals surface area contributed by atoms with E-state index in [2.05, 4.69) is 4.74 Å². The SMILES string of the molecule is CCOC(=O)/C=c1\s/c(=C\c2ccccc2OC(F)(F)F)c(=O)n1CC(=O)N1CCOCC1. The van der Waals surface area contributed by atoms with Crippen molar-refractivity contribution in [3.63, 3.8) is 0 Å². The molecule has 0 N–H and O–H groups in total. The minimum atomic E-state index is -4.91. The van der Waals surface area contributed by atoms with Gasteiger partial charge in [0.1, 0.15) is 17.0 Å². The van der Waals surface area contributed by atoms with Crippen LogP contribution >= 0.6 is 11.3 Å². The molecule has 2 heterocycles. The summed E-state index contributed by atoms with van der Waals surface area (Å²) < 4.78 is 53.6. The molecular formula is C21H21F3N2O6S. The number of hydrogen-bond donors (Lipinski definition) is 0.